The van der Waals surface area contributed by atoms with E-state index < -0.39 is 26.8 Å². The molecule has 2 rings (SSSR count). The third kappa shape index (κ3) is 3.89. The zero-order valence-corrected chi connectivity index (χ0v) is 13.2. The third-order valence-electron chi connectivity index (χ3n) is 2.92. The van der Waals surface area contributed by atoms with Gasteiger partial charge in [-0.25, -0.2) is 18.4 Å². The molecule has 0 aliphatic heterocycles. The van der Waals surface area contributed by atoms with Gasteiger partial charge in [-0.3, -0.25) is 9.59 Å². The molecule has 0 atom stereocenters. The van der Waals surface area contributed by atoms with Gasteiger partial charge >= 0.3 is 0 Å². The highest BCUT2D eigenvalue weighted by molar-refractivity contribution is 7.90. The van der Waals surface area contributed by atoms with E-state index in [1.165, 1.54) is 30.5 Å². The number of rotatable bonds is 4. The lowest BCUT2D eigenvalue weighted by Gasteiger charge is -2.08. The fourth-order valence-corrected chi connectivity index (χ4v) is 2.24. The van der Waals surface area contributed by atoms with Crippen LogP contribution in [0.3, 0.4) is 0 Å². The van der Waals surface area contributed by atoms with Crippen LogP contribution < -0.4 is 11.1 Å². The number of hydrogen-bond donors (Lipinski definition) is 2. The smallest absolute Gasteiger partial charge is 0.274 e. The number of anilines is 1. The van der Waals surface area contributed by atoms with Gasteiger partial charge in [-0.05, 0) is 36.8 Å². The number of aromatic nitrogens is 2. The van der Waals surface area contributed by atoms with E-state index in [0.29, 0.717) is 16.8 Å². The predicted octanol–water partition coefficient (Wildman–Crippen LogP) is 0.540. The van der Waals surface area contributed by atoms with Crippen LogP contribution in [0.1, 0.15) is 26.4 Å². The summed E-state index contributed by atoms with van der Waals surface area (Å²) >= 11 is 0. The molecule has 1 aromatic heterocycles. The van der Waals surface area contributed by atoms with E-state index in [1.807, 2.05) is 0 Å². The number of benzene rings is 1. The van der Waals surface area contributed by atoms with Gasteiger partial charge in [0.2, 0.25) is 20.9 Å². The van der Waals surface area contributed by atoms with Gasteiger partial charge in [0.05, 0.1) is 0 Å². The van der Waals surface area contributed by atoms with Crippen molar-refractivity contribution >= 4 is 27.3 Å². The Morgan fingerprint density at radius 1 is 1.17 bits per heavy atom. The first-order valence-corrected chi connectivity index (χ1v) is 8.32. The fraction of sp³-hybridized carbons (Fsp3) is 0.143. The lowest BCUT2D eigenvalue weighted by molar-refractivity contribution is 0.0997. The number of hydrogen-bond acceptors (Lipinski definition) is 6. The number of nitrogens with zero attached hydrogens (tertiary/aromatic N) is 2. The Kier molecular flexibility index (Phi) is 4.41. The summed E-state index contributed by atoms with van der Waals surface area (Å²) < 4.78 is 23.0. The molecule has 0 saturated heterocycles. The molecule has 0 bridgehead atoms. The number of primary amides is 1. The van der Waals surface area contributed by atoms with E-state index in [9.17, 15) is 18.0 Å². The van der Waals surface area contributed by atoms with Crippen molar-refractivity contribution in [1.82, 2.24) is 9.97 Å². The van der Waals surface area contributed by atoms with E-state index in [1.54, 1.807) is 6.92 Å². The molecule has 0 aliphatic rings. The van der Waals surface area contributed by atoms with Crippen molar-refractivity contribution in [2.75, 3.05) is 11.6 Å². The summed E-state index contributed by atoms with van der Waals surface area (Å²) in [7, 11) is -3.62. The van der Waals surface area contributed by atoms with E-state index in [2.05, 4.69) is 15.3 Å². The molecule has 0 radical (unpaired) electrons. The van der Waals surface area contributed by atoms with Crippen LogP contribution in [0.4, 0.5) is 5.69 Å². The standard InChI is InChI=1S/C14H14N4O4S/c1-8-7-16-14(23(2,21)22)18-11(8)13(20)17-10-5-3-9(4-6-10)12(15)19/h3-7H,1-2H3,(H2,15,19)(H,17,20). The van der Waals surface area contributed by atoms with Crippen molar-refractivity contribution in [3.63, 3.8) is 0 Å². The highest BCUT2D eigenvalue weighted by atomic mass is 32.2. The summed E-state index contributed by atoms with van der Waals surface area (Å²) in [4.78, 5) is 30.7. The summed E-state index contributed by atoms with van der Waals surface area (Å²) in [5, 5.41) is 2.15. The summed E-state index contributed by atoms with van der Waals surface area (Å²) in [5.74, 6) is -1.16. The molecule has 9 heteroatoms. The lowest BCUT2D eigenvalue weighted by Crippen LogP contribution is -2.18. The molecule has 0 aliphatic carbocycles. The van der Waals surface area contributed by atoms with Crippen LogP contribution in [0.25, 0.3) is 0 Å². The molecule has 8 nitrogen and oxygen atoms in total. The van der Waals surface area contributed by atoms with Gasteiger partial charge in [0.15, 0.2) is 0 Å². The van der Waals surface area contributed by atoms with Gasteiger partial charge in [0.25, 0.3) is 5.91 Å². The van der Waals surface area contributed by atoms with Gasteiger partial charge in [-0.2, -0.15) is 0 Å². The largest absolute Gasteiger partial charge is 0.366 e. The normalized spacial score (nSPS) is 11.0. The fourth-order valence-electron chi connectivity index (χ4n) is 1.74. The third-order valence-corrected chi connectivity index (χ3v) is 3.78. The molecule has 0 spiro atoms. The Morgan fingerprint density at radius 2 is 1.78 bits per heavy atom. The van der Waals surface area contributed by atoms with Crippen LogP contribution in [0.2, 0.25) is 0 Å². The second-order valence-corrected chi connectivity index (χ2v) is 6.76. The highest BCUT2D eigenvalue weighted by Gasteiger charge is 2.18. The monoisotopic (exact) mass is 334 g/mol. The molecule has 1 aromatic carbocycles. The van der Waals surface area contributed by atoms with Crippen LogP contribution >= 0.6 is 0 Å². The minimum absolute atomic E-state index is 0.0422. The predicted molar refractivity (Wildman–Crippen MR) is 82.8 cm³/mol. The number of amides is 2. The van der Waals surface area contributed by atoms with Crippen molar-refractivity contribution in [3.05, 3.63) is 47.3 Å². The lowest BCUT2D eigenvalue weighted by atomic mass is 10.2. The van der Waals surface area contributed by atoms with E-state index in [0.717, 1.165) is 6.26 Å². The maximum Gasteiger partial charge on any atom is 0.274 e. The molecule has 0 fully saturated rings. The minimum Gasteiger partial charge on any atom is -0.366 e. The molecular weight excluding hydrogens is 320 g/mol. The first-order chi connectivity index (χ1) is 10.7. The number of sulfone groups is 1. The van der Waals surface area contributed by atoms with Crippen molar-refractivity contribution < 1.29 is 18.0 Å². The van der Waals surface area contributed by atoms with Gasteiger partial charge < -0.3 is 11.1 Å². The SMILES string of the molecule is Cc1cnc(S(C)(=O)=O)nc1C(=O)Nc1ccc(C(N)=O)cc1. The quantitative estimate of drug-likeness (QED) is 0.784. The second kappa shape index (κ2) is 6.13. The summed E-state index contributed by atoms with van der Waals surface area (Å²) in [6, 6.07) is 5.94. The number of nitrogens with two attached hydrogens (primary N) is 1. The van der Waals surface area contributed by atoms with Crippen LogP contribution in [0.5, 0.6) is 0 Å². The average molecular weight is 334 g/mol. The van der Waals surface area contributed by atoms with E-state index >= 15 is 0 Å². The molecule has 120 valence electrons. The Bertz CT molecular complexity index is 876. The van der Waals surface area contributed by atoms with Gasteiger partial charge in [0.1, 0.15) is 5.69 Å². The molecule has 0 unspecified atom stereocenters. The van der Waals surface area contributed by atoms with Gasteiger partial charge in [-0.1, -0.05) is 0 Å². The average Bonchev–Trinajstić information content (AvgIpc) is 2.46. The van der Waals surface area contributed by atoms with E-state index in [-0.39, 0.29) is 5.69 Å². The maximum atomic E-state index is 12.2. The van der Waals surface area contributed by atoms with Gasteiger partial charge in [0, 0.05) is 23.7 Å². The topological polar surface area (TPSA) is 132 Å². The summed E-state index contributed by atoms with van der Waals surface area (Å²) in [5.41, 5.74) is 6.25. The first-order valence-electron chi connectivity index (χ1n) is 6.43. The molecule has 2 aromatic rings. The Morgan fingerprint density at radius 3 is 2.30 bits per heavy atom. The van der Waals surface area contributed by atoms with Crippen molar-refractivity contribution in [2.24, 2.45) is 5.73 Å². The summed E-state index contributed by atoms with van der Waals surface area (Å²) in [6.45, 7) is 1.59. The zero-order chi connectivity index (χ0) is 17.2. The molecule has 23 heavy (non-hydrogen) atoms. The van der Waals surface area contributed by atoms with Crippen LogP contribution in [-0.2, 0) is 9.84 Å². The highest BCUT2D eigenvalue weighted by Crippen LogP contribution is 2.13. The number of carbonyl (C=O) groups excluding carboxylic acids is 2. The Labute approximate surface area is 132 Å². The van der Waals surface area contributed by atoms with E-state index in [4.69, 9.17) is 5.73 Å². The van der Waals surface area contributed by atoms with Crippen molar-refractivity contribution in [1.29, 1.82) is 0 Å². The maximum absolute atomic E-state index is 12.2. The van der Waals surface area contributed by atoms with Crippen molar-refractivity contribution in [3.8, 4) is 0 Å². The molecule has 1 heterocycles. The molecule has 0 saturated carbocycles. The van der Waals surface area contributed by atoms with Gasteiger partial charge in [-0.15, -0.1) is 0 Å². The number of aryl methyl sites for hydroxylation is 1. The summed E-state index contributed by atoms with van der Waals surface area (Å²) in [6.07, 6.45) is 2.23. The number of nitrogens with one attached hydrogen (secondary N) is 1. The van der Waals surface area contributed by atoms with Crippen LogP contribution in [-0.4, -0.2) is 36.5 Å². The number of carbonyl (C=O) groups is 2. The Balaban J connectivity index is 2.28. The van der Waals surface area contributed by atoms with Crippen molar-refractivity contribution in [2.45, 2.75) is 12.1 Å². The van der Waals surface area contributed by atoms with Crippen LogP contribution in [0, 0.1) is 6.92 Å². The molecular formula is C14H14N4O4S. The first kappa shape index (κ1) is 16.6. The second-order valence-electron chi connectivity index (χ2n) is 4.85. The minimum atomic E-state index is -3.62. The molecule has 2 amide bonds. The Hall–Kier alpha value is -2.81. The van der Waals surface area contributed by atoms with Crippen LogP contribution in [0.15, 0.2) is 35.6 Å². The zero-order valence-electron chi connectivity index (χ0n) is 12.4. The molecule has 3 N–H and O–H groups in total.